The Labute approximate surface area is 127 Å². The van der Waals surface area contributed by atoms with Crippen molar-refractivity contribution in [2.45, 2.75) is 51.5 Å². The van der Waals surface area contributed by atoms with Crippen LogP contribution in [0.15, 0.2) is 35.3 Å². The fourth-order valence-corrected chi connectivity index (χ4v) is 5.72. The highest BCUT2D eigenvalue weighted by Crippen LogP contribution is 2.61. The largest absolute Gasteiger partial charge is 0.383 e. The Bertz CT molecular complexity index is 511. The van der Waals surface area contributed by atoms with Crippen molar-refractivity contribution in [2.75, 3.05) is 0 Å². The molecule has 0 heterocycles. The van der Waals surface area contributed by atoms with Gasteiger partial charge in [-0.05, 0) is 68.6 Å². The topological polar surface area (TPSA) is 38.4 Å². The highest BCUT2D eigenvalue weighted by molar-refractivity contribution is 5.97. The van der Waals surface area contributed by atoms with Crippen LogP contribution in [0.4, 0.5) is 0 Å². The van der Waals surface area contributed by atoms with E-state index in [2.05, 4.69) is 19.1 Å². The minimum absolute atomic E-state index is 0.367. The normalized spacial score (nSPS) is 39.5. The Morgan fingerprint density at radius 3 is 2.10 bits per heavy atom. The number of amidine groups is 1. The Morgan fingerprint density at radius 1 is 1.05 bits per heavy atom. The van der Waals surface area contributed by atoms with E-state index in [0.29, 0.717) is 11.5 Å². The molecule has 21 heavy (non-hydrogen) atoms. The lowest BCUT2D eigenvalue weighted by Crippen LogP contribution is -2.50. The maximum Gasteiger partial charge on any atom is 0.125 e. The molecule has 0 spiro atoms. The van der Waals surface area contributed by atoms with Crippen LogP contribution in [0.5, 0.6) is 0 Å². The van der Waals surface area contributed by atoms with Crippen molar-refractivity contribution in [3.05, 3.63) is 35.9 Å². The molecule has 4 aliphatic carbocycles. The van der Waals surface area contributed by atoms with E-state index in [9.17, 15) is 0 Å². The van der Waals surface area contributed by atoms with Gasteiger partial charge < -0.3 is 5.73 Å². The van der Waals surface area contributed by atoms with Crippen molar-refractivity contribution in [1.82, 2.24) is 0 Å². The van der Waals surface area contributed by atoms with Gasteiger partial charge in [-0.1, -0.05) is 30.3 Å². The van der Waals surface area contributed by atoms with E-state index in [-0.39, 0.29) is 0 Å². The van der Waals surface area contributed by atoms with Crippen LogP contribution in [-0.4, -0.2) is 11.9 Å². The maximum absolute atomic E-state index is 6.26. The minimum Gasteiger partial charge on any atom is -0.383 e. The summed E-state index contributed by atoms with van der Waals surface area (Å²) >= 11 is 0. The van der Waals surface area contributed by atoms with Crippen LogP contribution >= 0.6 is 0 Å². The van der Waals surface area contributed by atoms with E-state index >= 15 is 0 Å². The summed E-state index contributed by atoms with van der Waals surface area (Å²) in [5.41, 5.74) is 7.78. The first-order chi connectivity index (χ1) is 10.1. The van der Waals surface area contributed by atoms with Gasteiger partial charge in [-0.2, -0.15) is 0 Å². The monoisotopic (exact) mass is 282 g/mol. The second-order valence-corrected chi connectivity index (χ2v) is 7.84. The summed E-state index contributed by atoms with van der Waals surface area (Å²) in [7, 11) is 0. The molecule has 4 saturated carbocycles. The summed E-state index contributed by atoms with van der Waals surface area (Å²) in [4.78, 5) is 4.93. The molecule has 1 atom stereocenters. The van der Waals surface area contributed by atoms with Gasteiger partial charge in [0.2, 0.25) is 0 Å². The van der Waals surface area contributed by atoms with Gasteiger partial charge in [-0.25, -0.2) is 0 Å². The molecular weight excluding hydrogens is 256 g/mol. The molecule has 2 nitrogen and oxygen atoms in total. The summed E-state index contributed by atoms with van der Waals surface area (Å²) in [6.07, 6.45) is 8.65. The Morgan fingerprint density at radius 2 is 1.57 bits per heavy atom. The van der Waals surface area contributed by atoms with Crippen molar-refractivity contribution in [1.29, 1.82) is 0 Å². The predicted octanol–water partition coefficient (Wildman–Crippen LogP) is 4.00. The Balaban J connectivity index is 1.59. The Hall–Kier alpha value is -1.31. The van der Waals surface area contributed by atoms with E-state index in [1.165, 1.54) is 38.5 Å². The van der Waals surface area contributed by atoms with Gasteiger partial charge >= 0.3 is 0 Å². The first-order valence-electron chi connectivity index (χ1n) is 8.53. The minimum atomic E-state index is 0.367. The summed E-state index contributed by atoms with van der Waals surface area (Å²) in [6, 6.07) is 10.6. The van der Waals surface area contributed by atoms with E-state index < -0.39 is 0 Å². The first-order valence-corrected chi connectivity index (χ1v) is 8.53. The van der Waals surface area contributed by atoms with Gasteiger partial charge in [0.15, 0.2) is 0 Å². The number of hydrogen-bond acceptors (Lipinski definition) is 1. The van der Waals surface area contributed by atoms with Crippen molar-refractivity contribution < 1.29 is 0 Å². The molecule has 0 amide bonds. The van der Waals surface area contributed by atoms with Gasteiger partial charge in [-0.15, -0.1) is 0 Å². The molecule has 4 bridgehead atoms. The zero-order valence-electron chi connectivity index (χ0n) is 13.0. The number of nitrogens with two attached hydrogens (primary N) is 1. The van der Waals surface area contributed by atoms with Gasteiger partial charge in [0.1, 0.15) is 5.84 Å². The highest BCUT2D eigenvalue weighted by atomic mass is 14.9. The molecule has 4 aliphatic rings. The Kier molecular flexibility index (Phi) is 3.09. The standard InChI is InChI=1S/C19H26N2/c1-13(21-18(20)17-5-3-2-4-6-17)19-10-14-7-15(11-19)9-16(8-14)12-19/h2-6,13-16H,7-12H2,1H3,(H2,20,21). The molecule has 2 N–H and O–H groups in total. The van der Waals surface area contributed by atoms with Crippen LogP contribution < -0.4 is 5.73 Å². The number of hydrogen-bond donors (Lipinski definition) is 1. The zero-order valence-corrected chi connectivity index (χ0v) is 13.0. The number of benzene rings is 1. The summed E-state index contributed by atoms with van der Waals surface area (Å²) in [6.45, 7) is 2.31. The van der Waals surface area contributed by atoms with E-state index in [1.807, 2.05) is 18.2 Å². The van der Waals surface area contributed by atoms with Crippen molar-refractivity contribution in [3.63, 3.8) is 0 Å². The summed E-state index contributed by atoms with van der Waals surface area (Å²) in [5, 5.41) is 0. The number of rotatable bonds is 3. The molecule has 0 radical (unpaired) electrons. The van der Waals surface area contributed by atoms with Gasteiger partial charge in [0.05, 0.1) is 6.04 Å². The molecule has 0 aromatic heterocycles. The van der Waals surface area contributed by atoms with Crippen LogP contribution in [0.1, 0.15) is 51.0 Å². The number of aliphatic imine (C=N–C) groups is 1. The third-order valence-corrected chi connectivity index (χ3v) is 6.37. The van der Waals surface area contributed by atoms with Crippen molar-refractivity contribution in [2.24, 2.45) is 33.9 Å². The lowest BCUT2D eigenvalue weighted by molar-refractivity contribution is -0.0633. The quantitative estimate of drug-likeness (QED) is 0.660. The molecule has 2 heteroatoms. The second kappa shape index (κ2) is 4.86. The fraction of sp³-hybridized carbons (Fsp3) is 0.632. The molecular formula is C19H26N2. The van der Waals surface area contributed by atoms with Gasteiger partial charge in [0.25, 0.3) is 0 Å². The molecule has 4 fully saturated rings. The predicted molar refractivity (Wildman–Crippen MR) is 87.2 cm³/mol. The highest BCUT2D eigenvalue weighted by Gasteiger charge is 2.53. The van der Waals surface area contributed by atoms with Crippen LogP contribution in [-0.2, 0) is 0 Å². The first kappa shape index (κ1) is 13.4. The van der Waals surface area contributed by atoms with E-state index in [4.69, 9.17) is 10.7 Å². The SMILES string of the molecule is CC(N=C(N)c1ccccc1)C12CC3CC(CC(C3)C1)C2. The summed E-state index contributed by atoms with van der Waals surface area (Å²) < 4.78 is 0. The van der Waals surface area contributed by atoms with E-state index in [1.54, 1.807) is 0 Å². The molecule has 0 aliphatic heterocycles. The molecule has 1 aromatic rings. The number of nitrogens with zero attached hydrogens (tertiary/aromatic N) is 1. The van der Waals surface area contributed by atoms with E-state index in [0.717, 1.165) is 29.2 Å². The van der Waals surface area contributed by atoms with Crippen LogP contribution in [0.25, 0.3) is 0 Å². The van der Waals surface area contributed by atoms with Crippen LogP contribution in [0.3, 0.4) is 0 Å². The average Bonchev–Trinajstić information content (AvgIpc) is 2.46. The maximum atomic E-state index is 6.26. The smallest absolute Gasteiger partial charge is 0.125 e. The molecule has 1 unspecified atom stereocenters. The zero-order chi connectivity index (χ0) is 14.4. The van der Waals surface area contributed by atoms with Gasteiger partial charge in [0, 0.05) is 5.56 Å². The molecule has 5 rings (SSSR count). The average molecular weight is 282 g/mol. The van der Waals surface area contributed by atoms with Gasteiger partial charge in [-0.3, -0.25) is 4.99 Å². The second-order valence-electron chi connectivity index (χ2n) is 7.84. The molecule has 0 saturated heterocycles. The fourth-order valence-electron chi connectivity index (χ4n) is 5.72. The van der Waals surface area contributed by atoms with Crippen LogP contribution in [0.2, 0.25) is 0 Å². The van der Waals surface area contributed by atoms with Crippen molar-refractivity contribution >= 4 is 5.84 Å². The third kappa shape index (κ3) is 2.29. The van der Waals surface area contributed by atoms with Crippen LogP contribution in [0, 0.1) is 23.2 Å². The lowest BCUT2D eigenvalue weighted by Gasteiger charge is -2.58. The lowest BCUT2D eigenvalue weighted by atomic mass is 9.48. The molecule has 112 valence electrons. The third-order valence-electron chi connectivity index (χ3n) is 6.37. The summed E-state index contributed by atoms with van der Waals surface area (Å²) in [5.74, 6) is 3.66. The molecule has 1 aromatic carbocycles. The van der Waals surface area contributed by atoms with Crippen molar-refractivity contribution in [3.8, 4) is 0 Å².